The number of aromatic nitrogens is 1. The van der Waals surface area contributed by atoms with Gasteiger partial charge in [0.1, 0.15) is 0 Å². The molecule has 0 unspecified atom stereocenters. The van der Waals surface area contributed by atoms with E-state index in [4.69, 9.17) is 4.42 Å². The van der Waals surface area contributed by atoms with Gasteiger partial charge in [0.2, 0.25) is 0 Å². The van der Waals surface area contributed by atoms with Crippen LogP contribution in [0.2, 0.25) is 0 Å². The van der Waals surface area contributed by atoms with Crippen molar-refractivity contribution in [1.82, 2.24) is 9.29 Å². The number of oxazole rings is 1. The molecule has 0 aliphatic carbocycles. The van der Waals surface area contributed by atoms with Crippen molar-refractivity contribution in [1.29, 1.82) is 0 Å². The van der Waals surface area contributed by atoms with Crippen LogP contribution >= 0.6 is 0 Å². The first-order chi connectivity index (χ1) is 7.90. The normalized spacial score (nSPS) is 12.2. The first-order valence-electron chi connectivity index (χ1n) is 4.72. The maximum Gasteiger partial charge on any atom is 0.417 e. The number of rotatable bonds is 3. The lowest BCUT2D eigenvalue weighted by molar-refractivity contribution is 0.526. The first-order valence-corrected chi connectivity index (χ1v) is 6.16. The van der Waals surface area contributed by atoms with Gasteiger partial charge in [0.05, 0.1) is 11.2 Å². The van der Waals surface area contributed by atoms with E-state index in [1.165, 1.54) is 20.2 Å². The Balaban J connectivity index is 2.53. The number of nitrogens with zero attached hydrogens (tertiary/aromatic N) is 1. The molecule has 0 saturated heterocycles. The topological polar surface area (TPSA) is 95.4 Å². The predicted octanol–water partition coefficient (Wildman–Crippen LogP) is 0.339. The minimum atomic E-state index is -3.63. The van der Waals surface area contributed by atoms with Crippen LogP contribution in [-0.4, -0.2) is 31.8 Å². The summed E-state index contributed by atoms with van der Waals surface area (Å²) in [5.41, 5.74) is 0.839. The minimum absolute atomic E-state index is 0.183. The highest BCUT2D eigenvalue weighted by Gasteiger charge is 2.16. The van der Waals surface area contributed by atoms with Gasteiger partial charge in [0, 0.05) is 14.1 Å². The van der Waals surface area contributed by atoms with Crippen molar-refractivity contribution in [2.75, 3.05) is 18.8 Å². The van der Waals surface area contributed by atoms with Gasteiger partial charge in [0.25, 0.3) is 0 Å². The molecule has 2 aromatic rings. The van der Waals surface area contributed by atoms with E-state index in [1.54, 1.807) is 12.1 Å². The number of hydrogen-bond acceptors (Lipinski definition) is 4. The zero-order valence-corrected chi connectivity index (χ0v) is 10.0. The first kappa shape index (κ1) is 11.7. The number of benzene rings is 1. The fraction of sp³-hybridized carbons (Fsp3) is 0.222. The maximum absolute atomic E-state index is 11.6. The Morgan fingerprint density at radius 1 is 1.35 bits per heavy atom. The molecule has 0 fully saturated rings. The fourth-order valence-corrected chi connectivity index (χ4v) is 1.91. The Labute approximate surface area is 97.2 Å². The Morgan fingerprint density at radius 2 is 2.06 bits per heavy atom. The lowest BCUT2D eigenvalue weighted by Crippen LogP contribution is -2.28. The van der Waals surface area contributed by atoms with E-state index in [0.717, 1.165) is 4.31 Å². The summed E-state index contributed by atoms with van der Waals surface area (Å²) in [6.07, 6.45) is 0. The molecule has 0 bridgehead atoms. The van der Waals surface area contributed by atoms with Crippen molar-refractivity contribution in [2.24, 2.45) is 0 Å². The zero-order chi connectivity index (χ0) is 12.6. The van der Waals surface area contributed by atoms with E-state index in [-0.39, 0.29) is 11.3 Å². The average Bonchev–Trinajstić information content (AvgIpc) is 2.59. The molecule has 17 heavy (non-hydrogen) atoms. The second-order valence-corrected chi connectivity index (χ2v) is 5.47. The number of H-pyrrole nitrogens is 1. The summed E-state index contributed by atoms with van der Waals surface area (Å²) in [6.45, 7) is 0. The number of anilines is 1. The third-order valence-electron chi connectivity index (χ3n) is 2.17. The second-order valence-electron chi connectivity index (χ2n) is 3.59. The number of para-hydroxylation sites is 1. The number of nitrogens with one attached hydrogen (secondary N) is 2. The van der Waals surface area contributed by atoms with E-state index >= 15 is 0 Å². The maximum atomic E-state index is 11.6. The van der Waals surface area contributed by atoms with Crippen LogP contribution < -0.4 is 10.5 Å². The number of hydrogen-bond donors (Lipinski definition) is 2. The molecule has 8 heteroatoms. The molecule has 1 aromatic carbocycles. The SMILES string of the molecule is CN(C)S(=O)(=O)Nc1cccc2[nH]c(=O)oc12. The lowest BCUT2D eigenvalue weighted by Gasteiger charge is -2.12. The van der Waals surface area contributed by atoms with Gasteiger partial charge in [-0.2, -0.15) is 12.7 Å². The van der Waals surface area contributed by atoms with Gasteiger partial charge in [-0.1, -0.05) is 6.07 Å². The van der Waals surface area contributed by atoms with Crippen LogP contribution in [0.25, 0.3) is 11.1 Å². The molecule has 0 spiro atoms. The standard InChI is InChI=1S/C9H11N3O4S/c1-12(2)17(14,15)11-7-5-3-4-6-8(7)16-9(13)10-6/h3-5,11H,1-2H3,(H,10,13). The summed E-state index contributed by atoms with van der Waals surface area (Å²) in [5, 5.41) is 0. The lowest BCUT2D eigenvalue weighted by atomic mass is 10.3. The van der Waals surface area contributed by atoms with Gasteiger partial charge in [-0.3, -0.25) is 9.71 Å². The van der Waals surface area contributed by atoms with Gasteiger partial charge in [-0.15, -0.1) is 0 Å². The van der Waals surface area contributed by atoms with Crippen molar-refractivity contribution in [3.8, 4) is 0 Å². The monoisotopic (exact) mass is 257 g/mol. The minimum Gasteiger partial charge on any atom is -0.406 e. The molecular formula is C9H11N3O4S. The van der Waals surface area contributed by atoms with Crippen molar-refractivity contribution < 1.29 is 12.8 Å². The molecule has 0 radical (unpaired) electrons. The van der Waals surface area contributed by atoms with Crippen molar-refractivity contribution in [2.45, 2.75) is 0 Å². The molecule has 1 aromatic heterocycles. The van der Waals surface area contributed by atoms with Gasteiger partial charge < -0.3 is 4.42 Å². The molecule has 2 N–H and O–H groups in total. The smallest absolute Gasteiger partial charge is 0.406 e. The van der Waals surface area contributed by atoms with Crippen molar-refractivity contribution in [3.63, 3.8) is 0 Å². The quantitative estimate of drug-likeness (QED) is 0.828. The van der Waals surface area contributed by atoms with E-state index < -0.39 is 16.0 Å². The molecular weight excluding hydrogens is 246 g/mol. The second kappa shape index (κ2) is 3.90. The van der Waals surface area contributed by atoms with Gasteiger partial charge in [-0.05, 0) is 12.1 Å². The highest BCUT2D eigenvalue weighted by atomic mass is 32.2. The molecule has 7 nitrogen and oxygen atoms in total. The summed E-state index contributed by atoms with van der Waals surface area (Å²) in [4.78, 5) is 13.5. The Hall–Kier alpha value is -1.80. The van der Waals surface area contributed by atoms with Crippen LogP contribution in [0.4, 0.5) is 5.69 Å². The highest BCUT2D eigenvalue weighted by molar-refractivity contribution is 7.90. The Bertz CT molecular complexity index is 698. The summed E-state index contributed by atoms with van der Waals surface area (Å²) in [7, 11) is -0.829. The Morgan fingerprint density at radius 3 is 2.71 bits per heavy atom. The van der Waals surface area contributed by atoms with E-state index in [2.05, 4.69) is 9.71 Å². The highest BCUT2D eigenvalue weighted by Crippen LogP contribution is 2.21. The van der Waals surface area contributed by atoms with Crippen LogP contribution in [0.3, 0.4) is 0 Å². The molecule has 0 saturated carbocycles. The van der Waals surface area contributed by atoms with Crippen LogP contribution in [0.5, 0.6) is 0 Å². The predicted molar refractivity (Wildman–Crippen MR) is 63.1 cm³/mol. The molecule has 0 atom stereocenters. The van der Waals surface area contributed by atoms with Crippen LogP contribution in [0.15, 0.2) is 27.4 Å². The van der Waals surface area contributed by atoms with Gasteiger partial charge in [0.15, 0.2) is 5.58 Å². The van der Waals surface area contributed by atoms with E-state index in [1.807, 2.05) is 0 Å². The third-order valence-corrected chi connectivity index (χ3v) is 3.61. The zero-order valence-electron chi connectivity index (χ0n) is 9.22. The molecule has 0 aliphatic heterocycles. The van der Waals surface area contributed by atoms with E-state index in [0.29, 0.717) is 5.52 Å². The van der Waals surface area contributed by atoms with Crippen LogP contribution in [-0.2, 0) is 10.2 Å². The van der Waals surface area contributed by atoms with Crippen molar-refractivity contribution in [3.05, 3.63) is 28.7 Å². The largest absolute Gasteiger partial charge is 0.417 e. The molecule has 1 heterocycles. The fourth-order valence-electron chi connectivity index (χ4n) is 1.28. The summed E-state index contributed by atoms with van der Waals surface area (Å²) >= 11 is 0. The van der Waals surface area contributed by atoms with Crippen LogP contribution in [0, 0.1) is 0 Å². The van der Waals surface area contributed by atoms with Crippen molar-refractivity contribution >= 4 is 27.0 Å². The molecule has 92 valence electrons. The van der Waals surface area contributed by atoms with Gasteiger partial charge in [-0.25, -0.2) is 4.79 Å². The Kier molecular flexibility index (Phi) is 2.68. The molecule has 2 rings (SSSR count). The van der Waals surface area contributed by atoms with Crippen LogP contribution in [0.1, 0.15) is 0 Å². The summed E-state index contributed by atoms with van der Waals surface area (Å²) < 4.78 is 31.5. The third kappa shape index (κ3) is 2.17. The summed E-state index contributed by atoms with van der Waals surface area (Å²) in [6, 6.07) is 4.75. The average molecular weight is 257 g/mol. The summed E-state index contributed by atoms with van der Waals surface area (Å²) in [5.74, 6) is -0.628. The van der Waals surface area contributed by atoms with Gasteiger partial charge >= 0.3 is 16.0 Å². The number of aromatic amines is 1. The van der Waals surface area contributed by atoms with E-state index in [9.17, 15) is 13.2 Å². The molecule has 0 amide bonds. The number of fused-ring (bicyclic) bond motifs is 1. The molecule has 0 aliphatic rings.